The first-order valence-corrected chi connectivity index (χ1v) is 11.4. The molecule has 1 aliphatic rings. The van der Waals surface area contributed by atoms with E-state index in [4.69, 9.17) is 9.47 Å². The van der Waals surface area contributed by atoms with E-state index in [1.807, 2.05) is 12.3 Å². The van der Waals surface area contributed by atoms with Gasteiger partial charge in [0.2, 0.25) is 17.7 Å². The number of thiazole rings is 1. The van der Waals surface area contributed by atoms with Crippen molar-refractivity contribution in [2.45, 2.75) is 37.6 Å². The van der Waals surface area contributed by atoms with E-state index in [0.29, 0.717) is 24.3 Å². The van der Waals surface area contributed by atoms with Crippen molar-refractivity contribution in [1.29, 1.82) is 0 Å². The Morgan fingerprint density at radius 3 is 2.72 bits per heavy atom. The van der Waals surface area contributed by atoms with Gasteiger partial charge in [0.15, 0.2) is 0 Å². The van der Waals surface area contributed by atoms with Gasteiger partial charge in [-0.3, -0.25) is 19.3 Å². The van der Waals surface area contributed by atoms with Crippen LogP contribution in [0, 0.1) is 0 Å². The summed E-state index contributed by atoms with van der Waals surface area (Å²) in [7, 11) is 4.79. The van der Waals surface area contributed by atoms with Crippen LogP contribution >= 0.6 is 11.3 Å². The summed E-state index contributed by atoms with van der Waals surface area (Å²) in [6.07, 6.45) is 2.02. The van der Waals surface area contributed by atoms with Gasteiger partial charge in [0.1, 0.15) is 10.8 Å². The highest BCUT2D eigenvalue weighted by molar-refractivity contribution is 7.09. The number of hydrogen-bond acceptors (Lipinski definition) is 7. The van der Waals surface area contributed by atoms with Crippen molar-refractivity contribution in [1.82, 2.24) is 14.8 Å². The zero-order chi connectivity index (χ0) is 23.3. The van der Waals surface area contributed by atoms with Crippen LogP contribution in [0.3, 0.4) is 0 Å². The van der Waals surface area contributed by atoms with E-state index in [2.05, 4.69) is 4.98 Å². The van der Waals surface area contributed by atoms with Crippen LogP contribution in [0.15, 0.2) is 35.8 Å². The Bertz CT molecular complexity index is 964. The Morgan fingerprint density at radius 1 is 1.31 bits per heavy atom. The number of amides is 3. The molecule has 1 aromatic carbocycles. The van der Waals surface area contributed by atoms with Gasteiger partial charge in [-0.25, -0.2) is 4.98 Å². The number of para-hydroxylation sites is 1. The maximum atomic E-state index is 13.7. The number of carbonyl (C=O) groups excluding carboxylic acids is 3. The van der Waals surface area contributed by atoms with Crippen LogP contribution in [0.4, 0.5) is 0 Å². The lowest BCUT2D eigenvalue weighted by atomic mass is 9.75. The summed E-state index contributed by atoms with van der Waals surface area (Å²) in [5.41, 5.74) is -0.760. The molecule has 0 unspecified atom stereocenters. The second-order valence-corrected chi connectivity index (χ2v) is 8.81. The number of imide groups is 1. The number of methoxy groups -OCH3 is 2. The summed E-state index contributed by atoms with van der Waals surface area (Å²) < 4.78 is 10.6. The Morgan fingerprint density at radius 2 is 2.06 bits per heavy atom. The lowest BCUT2D eigenvalue weighted by Gasteiger charge is -2.31. The molecule has 172 valence electrons. The van der Waals surface area contributed by atoms with Crippen molar-refractivity contribution >= 4 is 29.1 Å². The van der Waals surface area contributed by atoms with Crippen molar-refractivity contribution in [3.63, 3.8) is 0 Å². The van der Waals surface area contributed by atoms with Gasteiger partial charge in [0.05, 0.1) is 18.6 Å². The molecular weight excluding hydrogens is 430 g/mol. The summed E-state index contributed by atoms with van der Waals surface area (Å²) >= 11 is 1.47. The minimum Gasteiger partial charge on any atom is -0.496 e. The molecule has 0 aliphatic carbocycles. The van der Waals surface area contributed by atoms with Crippen LogP contribution in [0.2, 0.25) is 0 Å². The topological polar surface area (TPSA) is 89.0 Å². The molecule has 2 atom stereocenters. The highest BCUT2D eigenvalue weighted by Crippen LogP contribution is 2.44. The third kappa shape index (κ3) is 4.54. The fraction of sp³-hybridized carbons (Fsp3) is 0.478. The highest BCUT2D eigenvalue weighted by Gasteiger charge is 2.55. The SMILES string of the molecule is COCCCN1C(=O)C[C@](CC(=O)N(C)[C@H](C)c2nccs2)(c2ccccc2OC)C1=O. The van der Waals surface area contributed by atoms with Crippen LogP contribution < -0.4 is 4.74 Å². The molecule has 1 fully saturated rings. The van der Waals surface area contributed by atoms with Crippen molar-refractivity contribution < 1.29 is 23.9 Å². The van der Waals surface area contributed by atoms with E-state index >= 15 is 0 Å². The molecule has 1 aromatic heterocycles. The quantitative estimate of drug-likeness (QED) is 0.401. The number of rotatable bonds is 10. The number of ether oxygens (including phenoxy) is 2. The lowest BCUT2D eigenvalue weighted by Crippen LogP contribution is -2.43. The van der Waals surface area contributed by atoms with Crippen LogP contribution in [0.25, 0.3) is 0 Å². The Hall–Kier alpha value is -2.78. The van der Waals surface area contributed by atoms with Gasteiger partial charge in [0.25, 0.3) is 0 Å². The normalized spacial score (nSPS) is 19.3. The molecule has 9 heteroatoms. The Kier molecular flexibility index (Phi) is 7.63. The maximum absolute atomic E-state index is 13.7. The molecule has 1 aliphatic heterocycles. The molecule has 1 saturated heterocycles. The van der Waals surface area contributed by atoms with Crippen LogP contribution in [-0.2, 0) is 24.5 Å². The van der Waals surface area contributed by atoms with Crippen molar-refractivity contribution in [3.05, 3.63) is 46.4 Å². The molecule has 0 bridgehead atoms. The number of likely N-dealkylation sites (tertiary alicyclic amines) is 1. The monoisotopic (exact) mass is 459 g/mol. The van der Waals surface area contributed by atoms with Crippen molar-refractivity contribution in [2.75, 3.05) is 34.4 Å². The molecule has 0 N–H and O–H groups in total. The fourth-order valence-electron chi connectivity index (χ4n) is 4.08. The van der Waals surface area contributed by atoms with Gasteiger partial charge >= 0.3 is 0 Å². The number of hydrogen-bond donors (Lipinski definition) is 0. The van der Waals surface area contributed by atoms with Crippen molar-refractivity contribution in [2.24, 2.45) is 0 Å². The standard InChI is InChI=1S/C23H29N3O5S/c1-16(21-24-10-13-32-21)25(2)19(27)14-23(17-8-5-6-9-18(17)31-4)15-20(28)26(22(23)29)11-7-12-30-3/h5-6,8-10,13,16H,7,11-12,14-15H2,1-4H3/t16-,23-/m1/s1. The molecule has 8 nitrogen and oxygen atoms in total. The maximum Gasteiger partial charge on any atom is 0.241 e. The van der Waals surface area contributed by atoms with E-state index in [0.717, 1.165) is 5.01 Å². The predicted molar refractivity (Wildman–Crippen MR) is 120 cm³/mol. The van der Waals surface area contributed by atoms with Gasteiger partial charge in [-0.2, -0.15) is 0 Å². The molecule has 32 heavy (non-hydrogen) atoms. The van der Waals surface area contributed by atoms with E-state index < -0.39 is 5.41 Å². The molecule has 0 radical (unpaired) electrons. The Labute approximate surface area is 192 Å². The Balaban J connectivity index is 1.96. The van der Waals surface area contributed by atoms with Crippen LogP contribution in [0.5, 0.6) is 5.75 Å². The first-order chi connectivity index (χ1) is 15.4. The molecule has 0 saturated carbocycles. The van der Waals surface area contributed by atoms with Crippen LogP contribution in [-0.4, -0.2) is 66.9 Å². The first kappa shape index (κ1) is 23.9. The van der Waals surface area contributed by atoms with Gasteiger partial charge in [-0.05, 0) is 19.4 Å². The van der Waals surface area contributed by atoms with Crippen molar-refractivity contribution in [3.8, 4) is 5.75 Å². The summed E-state index contributed by atoms with van der Waals surface area (Å²) in [4.78, 5) is 47.1. The fourth-order valence-corrected chi connectivity index (χ4v) is 4.82. The highest BCUT2D eigenvalue weighted by atomic mass is 32.1. The van der Waals surface area contributed by atoms with E-state index in [1.54, 1.807) is 49.5 Å². The zero-order valence-electron chi connectivity index (χ0n) is 18.9. The average Bonchev–Trinajstić information content (AvgIpc) is 3.41. The third-order valence-corrected chi connectivity index (χ3v) is 6.94. The second-order valence-electron chi connectivity index (χ2n) is 7.88. The largest absolute Gasteiger partial charge is 0.496 e. The number of aromatic nitrogens is 1. The van der Waals surface area contributed by atoms with E-state index in [9.17, 15) is 14.4 Å². The second kappa shape index (κ2) is 10.2. The molecule has 3 amide bonds. The molecule has 0 spiro atoms. The van der Waals surface area contributed by atoms with E-state index in [-0.39, 0.29) is 43.1 Å². The average molecular weight is 460 g/mol. The lowest BCUT2D eigenvalue weighted by molar-refractivity contribution is -0.143. The summed E-state index contributed by atoms with van der Waals surface area (Å²) in [5, 5.41) is 2.67. The van der Waals surface area contributed by atoms with Gasteiger partial charge in [0, 0.05) is 57.3 Å². The summed E-state index contributed by atoms with van der Waals surface area (Å²) in [5.74, 6) is -0.415. The van der Waals surface area contributed by atoms with Gasteiger partial charge in [-0.1, -0.05) is 18.2 Å². The molecule has 2 aromatic rings. The molecule has 3 rings (SSSR count). The van der Waals surface area contributed by atoms with E-state index in [1.165, 1.54) is 23.3 Å². The minimum absolute atomic E-state index is 0.0790. The number of carbonyl (C=O) groups is 3. The molecule has 2 heterocycles. The smallest absolute Gasteiger partial charge is 0.241 e. The van der Waals surface area contributed by atoms with Gasteiger partial charge in [-0.15, -0.1) is 11.3 Å². The molecular formula is C23H29N3O5S. The van der Waals surface area contributed by atoms with Gasteiger partial charge < -0.3 is 14.4 Å². The first-order valence-electron chi connectivity index (χ1n) is 10.5. The summed E-state index contributed by atoms with van der Waals surface area (Å²) in [6, 6.07) is 6.85. The minimum atomic E-state index is -1.31. The predicted octanol–water partition coefficient (Wildman–Crippen LogP) is 2.79. The zero-order valence-corrected chi connectivity index (χ0v) is 19.7. The van der Waals surface area contributed by atoms with Crippen LogP contribution in [0.1, 0.15) is 42.8 Å². The number of nitrogens with zero attached hydrogens (tertiary/aromatic N) is 3. The summed E-state index contributed by atoms with van der Waals surface area (Å²) in [6.45, 7) is 2.58. The third-order valence-electron chi connectivity index (χ3n) is 6.00. The number of benzene rings is 1.